The number of amides is 3. The maximum absolute atomic E-state index is 13.0. The molecule has 1 saturated heterocycles. The SMILES string of the molecule is C=C(C)COc1ccc(C2(C)NC(=O)N(Cc3ccc([N+](=O)[O-])cc3)C2=O)cc1. The maximum atomic E-state index is 13.0. The van der Waals surface area contributed by atoms with Gasteiger partial charge in [0.25, 0.3) is 11.6 Å². The fourth-order valence-electron chi connectivity index (χ4n) is 3.03. The molecule has 0 aliphatic carbocycles. The zero-order valence-corrected chi connectivity index (χ0v) is 16.2. The molecule has 1 atom stereocenters. The maximum Gasteiger partial charge on any atom is 0.325 e. The Morgan fingerprint density at radius 1 is 1.17 bits per heavy atom. The summed E-state index contributed by atoms with van der Waals surface area (Å²) < 4.78 is 5.56. The molecule has 8 nitrogen and oxygen atoms in total. The van der Waals surface area contributed by atoms with Crippen LogP contribution in [0.3, 0.4) is 0 Å². The Kier molecular flexibility index (Phi) is 5.36. The van der Waals surface area contributed by atoms with Crippen molar-refractivity contribution in [3.8, 4) is 5.75 Å². The number of carbonyl (C=O) groups excluding carboxylic acids is 2. The van der Waals surface area contributed by atoms with Gasteiger partial charge in [0, 0.05) is 12.1 Å². The van der Waals surface area contributed by atoms with Crippen LogP contribution in [0.1, 0.15) is 25.0 Å². The van der Waals surface area contributed by atoms with Gasteiger partial charge in [0.2, 0.25) is 0 Å². The number of urea groups is 1. The van der Waals surface area contributed by atoms with E-state index >= 15 is 0 Å². The molecule has 3 amide bonds. The number of imide groups is 1. The lowest BCUT2D eigenvalue weighted by Gasteiger charge is -2.22. The minimum Gasteiger partial charge on any atom is -0.489 e. The molecule has 1 aliphatic heterocycles. The molecule has 150 valence electrons. The van der Waals surface area contributed by atoms with E-state index in [1.54, 1.807) is 31.2 Å². The van der Waals surface area contributed by atoms with Crippen LogP contribution < -0.4 is 10.1 Å². The predicted octanol–water partition coefficient (Wildman–Crippen LogP) is 3.52. The van der Waals surface area contributed by atoms with Crippen LogP contribution in [0.15, 0.2) is 60.7 Å². The molecule has 0 radical (unpaired) electrons. The molecule has 1 fully saturated rings. The average Bonchev–Trinajstić information content (AvgIpc) is 2.91. The largest absolute Gasteiger partial charge is 0.489 e. The Bertz CT molecular complexity index is 969. The predicted molar refractivity (Wildman–Crippen MR) is 106 cm³/mol. The van der Waals surface area contributed by atoms with Crippen molar-refractivity contribution in [3.05, 3.63) is 81.9 Å². The van der Waals surface area contributed by atoms with Crippen LogP contribution in [0.25, 0.3) is 0 Å². The number of nitrogens with one attached hydrogen (secondary N) is 1. The van der Waals surface area contributed by atoms with Crippen LogP contribution >= 0.6 is 0 Å². The van der Waals surface area contributed by atoms with Crippen molar-refractivity contribution < 1.29 is 19.2 Å². The van der Waals surface area contributed by atoms with Gasteiger partial charge in [0.1, 0.15) is 17.9 Å². The van der Waals surface area contributed by atoms with E-state index in [1.807, 2.05) is 6.92 Å². The fraction of sp³-hybridized carbons (Fsp3) is 0.238. The molecule has 0 spiro atoms. The number of nitro groups is 1. The third-order valence-corrected chi connectivity index (χ3v) is 4.68. The van der Waals surface area contributed by atoms with E-state index in [4.69, 9.17) is 4.74 Å². The summed E-state index contributed by atoms with van der Waals surface area (Å²) in [4.78, 5) is 36.8. The van der Waals surface area contributed by atoms with Crippen LogP contribution in [-0.4, -0.2) is 28.4 Å². The molecule has 1 heterocycles. The molecule has 2 aromatic rings. The lowest BCUT2D eigenvalue weighted by atomic mass is 9.92. The minimum absolute atomic E-state index is 0.0259. The molecular formula is C21H21N3O5. The smallest absolute Gasteiger partial charge is 0.325 e. The molecule has 0 bridgehead atoms. The van der Waals surface area contributed by atoms with Gasteiger partial charge in [-0.05, 0) is 42.7 Å². The van der Waals surface area contributed by atoms with Crippen LogP contribution in [-0.2, 0) is 16.9 Å². The number of non-ortho nitro benzene ring substituents is 1. The van der Waals surface area contributed by atoms with Gasteiger partial charge in [0.15, 0.2) is 0 Å². The van der Waals surface area contributed by atoms with Crippen molar-refractivity contribution in [1.29, 1.82) is 0 Å². The highest BCUT2D eigenvalue weighted by Gasteiger charge is 2.48. The van der Waals surface area contributed by atoms with Gasteiger partial charge in [-0.1, -0.05) is 30.8 Å². The first-order valence-electron chi connectivity index (χ1n) is 8.96. The second-order valence-corrected chi connectivity index (χ2v) is 7.14. The summed E-state index contributed by atoms with van der Waals surface area (Å²) in [5, 5.41) is 13.5. The second kappa shape index (κ2) is 7.75. The standard InChI is InChI=1S/C21H21N3O5/c1-14(2)13-29-18-10-6-16(7-11-18)21(3)19(25)23(20(26)22-21)12-15-4-8-17(9-5-15)24(27)28/h4-11H,1,12-13H2,2-3H3,(H,22,26). The first-order chi connectivity index (χ1) is 13.7. The first-order valence-corrected chi connectivity index (χ1v) is 8.96. The Morgan fingerprint density at radius 3 is 2.34 bits per heavy atom. The van der Waals surface area contributed by atoms with Crippen molar-refractivity contribution in [1.82, 2.24) is 10.2 Å². The van der Waals surface area contributed by atoms with E-state index in [1.165, 1.54) is 24.3 Å². The van der Waals surface area contributed by atoms with Crippen LogP contribution in [0.4, 0.5) is 10.5 Å². The number of rotatable bonds is 7. The van der Waals surface area contributed by atoms with Crippen molar-refractivity contribution in [2.24, 2.45) is 0 Å². The second-order valence-electron chi connectivity index (χ2n) is 7.14. The molecule has 0 saturated carbocycles. The van der Waals surface area contributed by atoms with E-state index in [0.717, 1.165) is 10.5 Å². The number of hydrogen-bond donors (Lipinski definition) is 1. The lowest BCUT2D eigenvalue weighted by molar-refractivity contribution is -0.384. The summed E-state index contributed by atoms with van der Waals surface area (Å²) in [6.07, 6.45) is 0. The summed E-state index contributed by atoms with van der Waals surface area (Å²) >= 11 is 0. The normalized spacial score (nSPS) is 18.5. The van der Waals surface area contributed by atoms with Crippen molar-refractivity contribution in [3.63, 3.8) is 0 Å². The van der Waals surface area contributed by atoms with Crippen LogP contribution in [0, 0.1) is 10.1 Å². The Labute approximate surface area is 167 Å². The quantitative estimate of drug-likeness (QED) is 0.334. The third kappa shape index (κ3) is 4.11. The number of ether oxygens (including phenoxy) is 1. The highest BCUT2D eigenvalue weighted by molar-refractivity contribution is 6.07. The zero-order valence-electron chi connectivity index (χ0n) is 16.2. The van der Waals surface area contributed by atoms with Gasteiger partial charge in [-0.25, -0.2) is 4.79 Å². The molecule has 1 unspecified atom stereocenters. The number of benzene rings is 2. The molecule has 3 rings (SSSR count). The Balaban J connectivity index is 1.76. The van der Waals surface area contributed by atoms with Crippen LogP contribution in [0.5, 0.6) is 5.75 Å². The molecule has 1 N–H and O–H groups in total. The molecular weight excluding hydrogens is 374 g/mol. The molecule has 1 aliphatic rings. The highest BCUT2D eigenvalue weighted by Crippen LogP contribution is 2.31. The van der Waals surface area contributed by atoms with Crippen molar-refractivity contribution in [2.75, 3.05) is 6.61 Å². The summed E-state index contributed by atoms with van der Waals surface area (Å²) in [5.41, 5.74) is 0.882. The lowest BCUT2D eigenvalue weighted by Crippen LogP contribution is -2.40. The number of nitrogens with zero attached hydrogens (tertiary/aromatic N) is 2. The monoisotopic (exact) mass is 395 g/mol. The number of carbonyl (C=O) groups is 2. The summed E-state index contributed by atoms with van der Waals surface area (Å²) in [5.74, 6) is 0.247. The Hall–Kier alpha value is -3.68. The van der Waals surface area contributed by atoms with E-state index in [2.05, 4.69) is 11.9 Å². The van der Waals surface area contributed by atoms with Crippen molar-refractivity contribution in [2.45, 2.75) is 25.9 Å². The van der Waals surface area contributed by atoms with E-state index in [9.17, 15) is 19.7 Å². The number of hydrogen-bond acceptors (Lipinski definition) is 5. The van der Waals surface area contributed by atoms with Gasteiger partial charge in [-0.15, -0.1) is 0 Å². The summed E-state index contributed by atoms with van der Waals surface area (Å²) in [6, 6.07) is 12.2. The molecule has 0 aromatic heterocycles. The summed E-state index contributed by atoms with van der Waals surface area (Å²) in [6.45, 7) is 7.71. The van der Waals surface area contributed by atoms with E-state index in [-0.39, 0.29) is 12.2 Å². The van der Waals surface area contributed by atoms with Gasteiger partial charge in [-0.2, -0.15) is 0 Å². The highest BCUT2D eigenvalue weighted by atomic mass is 16.6. The van der Waals surface area contributed by atoms with E-state index < -0.39 is 22.4 Å². The van der Waals surface area contributed by atoms with Gasteiger partial charge < -0.3 is 10.1 Å². The van der Waals surface area contributed by atoms with Crippen LogP contribution in [0.2, 0.25) is 0 Å². The average molecular weight is 395 g/mol. The fourth-order valence-corrected chi connectivity index (χ4v) is 3.03. The number of nitro benzene ring substituents is 1. The van der Waals surface area contributed by atoms with Gasteiger partial charge in [-0.3, -0.25) is 19.8 Å². The van der Waals surface area contributed by atoms with E-state index in [0.29, 0.717) is 23.5 Å². The third-order valence-electron chi connectivity index (χ3n) is 4.68. The molecule has 8 heteroatoms. The Morgan fingerprint density at radius 2 is 1.79 bits per heavy atom. The molecule has 2 aromatic carbocycles. The topological polar surface area (TPSA) is 102 Å². The molecule has 29 heavy (non-hydrogen) atoms. The zero-order chi connectivity index (χ0) is 21.2. The summed E-state index contributed by atoms with van der Waals surface area (Å²) in [7, 11) is 0. The minimum atomic E-state index is -1.20. The van der Waals surface area contributed by atoms with Gasteiger partial charge >= 0.3 is 6.03 Å². The van der Waals surface area contributed by atoms with Crippen molar-refractivity contribution >= 4 is 17.6 Å². The first kappa shape index (κ1) is 20.1. The van der Waals surface area contributed by atoms with Gasteiger partial charge in [0.05, 0.1) is 11.5 Å².